The number of halogens is 1. The van der Waals surface area contributed by atoms with Crippen LogP contribution in [0.1, 0.15) is 23.1 Å². The fourth-order valence-corrected chi connectivity index (χ4v) is 4.47. The zero-order valence-corrected chi connectivity index (χ0v) is 21.9. The van der Waals surface area contributed by atoms with Crippen LogP contribution in [0.3, 0.4) is 0 Å². The lowest BCUT2D eigenvalue weighted by Crippen LogP contribution is -2.11. The molecule has 0 amide bonds. The lowest BCUT2D eigenvalue weighted by molar-refractivity contribution is -0.117. The van der Waals surface area contributed by atoms with Crippen LogP contribution in [0.15, 0.2) is 66.9 Å². The second-order valence-electron chi connectivity index (χ2n) is 8.49. The molecule has 4 aromatic rings. The molecule has 184 valence electrons. The molecule has 0 atom stereocenters. The lowest BCUT2D eigenvalue weighted by atomic mass is 10.0. The summed E-state index contributed by atoms with van der Waals surface area (Å²) in [7, 11) is 3.16. The van der Waals surface area contributed by atoms with Crippen LogP contribution >= 0.6 is 23.8 Å². The quantitative estimate of drug-likeness (QED) is 0.208. The Morgan fingerprint density at radius 3 is 2.25 bits per heavy atom. The standard InChI is InChI=1S/C29H26ClNO4S/c1-18-4-6-19(7-5-18)12-21(32)15-22(36)13-20-8-9-27(24(30)14-20)35-26-10-11-31-25-17-29(34-3)28(33-2)16-23(25)26/h4-11,14,16-17H,12-13,15H2,1-3H3. The van der Waals surface area contributed by atoms with Crippen molar-refractivity contribution in [2.45, 2.75) is 26.2 Å². The molecule has 5 nitrogen and oxygen atoms in total. The third kappa shape index (κ3) is 6.20. The molecule has 0 aliphatic rings. The van der Waals surface area contributed by atoms with E-state index in [2.05, 4.69) is 4.98 Å². The number of benzene rings is 3. The Hall–Kier alpha value is -3.48. The fourth-order valence-electron chi connectivity index (χ4n) is 3.90. The number of ether oxygens (including phenoxy) is 3. The highest BCUT2D eigenvalue weighted by atomic mass is 35.5. The number of carbonyl (C=O) groups is 1. The maximum Gasteiger partial charge on any atom is 0.162 e. The molecule has 4 rings (SSSR count). The molecule has 0 aliphatic carbocycles. The van der Waals surface area contributed by atoms with Gasteiger partial charge >= 0.3 is 0 Å². The van der Waals surface area contributed by atoms with Crippen LogP contribution in [-0.4, -0.2) is 29.9 Å². The molecular formula is C29H26ClNO4S. The first-order valence-corrected chi connectivity index (χ1v) is 12.2. The zero-order valence-electron chi connectivity index (χ0n) is 20.3. The van der Waals surface area contributed by atoms with Gasteiger partial charge in [0.05, 0.1) is 24.8 Å². The normalized spacial score (nSPS) is 10.8. The van der Waals surface area contributed by atoms with Crippen molar-refractivity contribution in [1.82, 2.24) is 4.98 Å². The molecular weight excluding hydrogens is 494 g/mol. The minimum absolute atomic E-state index is 0.103. The minimum Gasteiger partial charge on any atom is -0.493 e. The summed E-state index contributed by atoms with van der Waals surface area (Å²) in [5.74, 6) is 2.36. The summed E-state index contributed by atoms with van der Waals surface area (Å²) in [4.78, 5) is 17.5. The van der Waals surface area contributed by atoms with Gasteiger partial charge in [-0.25, -0.2) is 0 Å². The van der Waals surface area contributed by atoms with E-state index in [1.807, 2.05) is 49.4 Å². The van der Waals surface area contributed by atoms with E-state index >= 15 is 0 Å². The van der Waals surface area contributed by atoms with E-state index in [1.165, 1.54) is 5.56 Å². The summed E-state index contributed by atoms with van der Waals surface area (Å²) in [6.07, 6.45) is 2.79. The first-order valence-electron chi connectivity index (χ1n) is 11.4. The van der Waals surface area contributed by atoms with Crippen LogP contribution in [0, 0.1) is 6.92 Å². The molecule has 0 aliphatic heterocycles. The van der Waals surface area contributed by atoms with Crippen molar-refractivity contribution in [2.75, 3.05) is 14.2 Å². The summed E-state index contributed by atoms with van der Waals surface area (Å²) in [5, 5.41) is 1.22. The third-order valence-electron chi connectivity index (χ3n) is 5.74. The molecule has 1 heterocycles. The minimum atomic E-state index is 0.103. The number of rotatable bonds is 10. The van der Waals surface area contributed by atoms with Gasteiger partial charge < -0.3 is 14.2 Å². The summed E-state index contributed by atoms with van der Waals surface area (Å²) in [6.45, 7) is 2.02. The Balaban J connectivity index is 1.44. The number of carbonyl (C=O) groups excluding carboxylic acids is 1. The Bertz CT molecular complexity index is 1420. The van der Waals surface area contributed by atoms with E-state index in [4.69, 9.17) is 38.0 Å². The Morgan fingerprint density at radius 1 is 0.861 bits per heavy atom. The molecule has 1 aromatic heterocycles. The van der Waals surface area contributed by atoms with Crippen LogP contribution in [0.25, 0.3) is 10.9 Å². The Labute approximate surface area is 221 Å². The second kappa shape index (κ2) is 11.5. The van der Waals surface area contributed by atoms with Gasteiger partial charge in [0.25, 0.3) is 0 Å². The molecule has 0 N–H and O–H groups in total. The van der Waals surface area contributed by atoms with Gasteiger partial charge in [-0.1, -0.05) is 59.7 Å². The molecule has 0 bridgehead atoms. The summed E-state index contributed by atoms with van der Waals surface area (Å²) in [5.41, 5.74) is 3.80. The SMILES string of the molecule is COc1cc2nccc(Oc3ccc(CC(=S)CC(=O)Cc4ccc(C)cc4)cc3Cl)c2cc1OC. The largest absolute Gasteiger partial charge is 0.493 e. The van der Waals surface area contributed by atoms with E-state index < -0.39 is 0 Å². The summed E-state index contributed by atoms with van der Waals surface area (Å²) >= 11 is 12.1. The molecule has 0 radical (unpaired) electrons. The number of Topliss-reactive ketones (excluding diaryl/α,β-unsaturated/α-hetero) is 1. The van der Waals surface area contributed by atoms with Crippen molar-refractivity contribution in [3.05, 3.63) is 88.6 Å². The second-order valence-corrected chi connectivity index (χ2v) is 9.48. The van der Waals surface area contributed by atoms with Crippen LogP contribution in [-0.2, 0) is 17.6 Å². The molecule has 36 heavy (non-hydrogen) atoms. The van der Waals surface area contributed by atoms with Crippen LogP contribution in [0.4, 0.5) is 0 Å². The Kier molecular flexibility index (Phi) is 8.18. The highest BCUT2D eigenvalue weighted by Gasteiger charge is 2.14. The molecule has 0 saturated carbocycles. The number of hydrogen-bond acceptors (Lipinski definition) is 6. The van der Waals surface area contributed by atoms with E-state index in [0.29, 0.717) is 51.2 Å². The molecule has 0 unspecified atom stereocenters. The lowest BCUT2D eigenvalue weighted by Gasteiger charge is -2.13. The van der Waals surface area contributed by atoms with Gasteiger partial charge in [0.15, 0.2) is 11.5 Å². The molecule has 3 aromatic carbocycles. The maximum atomic E-state index is 12.5. The van der Waals surface area contributed by atoms with E-state index in [1.54, 1.807) is 38.6 Å². The van der Waals surface area contributed by atoms with Crippen molar-refractivity contribution < 1.29 is 19.0 Å². The van der Waals surface area contributed by atoms with Gasteiger partial charge in [-0.15, -0.1) is 0 Å². The number of ketones is 1. The van der Waals surface area contributed by atoms with Gasteiger partial charge in [0, 0.05) is 41.8 Å². The number of aryl methyl sites for hydroxylation is 1. The monoisotopic (exact) mass is 519 g/mol. The predicted octanol–water partition coefficient (Wildman–Crippen LogP) is 7.12. The van der Waals surface area contributed by atoms with Crippen molar-refractivity contribution in [2.24, 2.45) is 0 Å². The first-order chi connectivity index (χ1) is 17.4. The van der Waals surface area contributed by atoms with Crippen molar-refractivity contribution >= 4 is 45.4 Å². The first kappa shape index (κ1) is 25.6. The predicted molar refractivity (Wildman–Crippen MR) is 147 cm³/mol. The van der Waals surface area contributed by atoms with Gasteiger partial charge in [-0.3, -0.25) is 9.78 Å². The number of methoxy groups -OCH3 is 2. The van der Waals surface area contributed by atoms with E-state index in [-0.39, 0.29) is 12.2 Å². The topological polar surface area (TPSA) is 57.7 Å². The number of pyridine rings is 1. The highest BCUT2D eigenvalue weighted by molar-refractivity contribution is 7.80. The number of hydrogen-bond donors (Lipinski definition) is 0. The van der Waals surface area contributed by atoms with Crippen molar-refractivity contribution in [3.8, 4) is 23.0 Å². The van der Waals surface area contributed by atoms with Gasteiger partial charge in [-0.05, 0) is 42.3 Å². The average molecular weight is 520 g/mol. The molecule has 0 fully saturated rings. The van der Waals surface area contributed by atoms with Gasteiger partial charge in [0.1, 0.15) is 17.3 Å². The van der Waals surface area contributed by atoms with E-state index in [0.717, 1.165) is 16.5 Å². The molecule has 0 spiro atoms. The van der Waals surface area contributed by atoms with E-state index in [9.17, 15) is 4.79 Å². The van der Waals surface area contributed by atoms with Crippen LogP contribution in [0.5, 0.6) is 23.0 Å². The number of aromatic nitrogens is 1. The number of nitrogens with zero attached hydrogens (tertiary/aromatic N) is 1. The molecule has 7 heteroatoms. The fraction of sp³-hybridized carbons (Fsp3) is 0.207. The zero-order chi connectivity index (χ0) is 25.7. The number of fused-ring (bicyclic) bond motifs is 1. The molecule has 0 saturated heterocycles. The smallest absolute Gasteiger partial charge is 0.162 e. The maximum absolute atomic E-state index is 12.5. The number of thiocarbonyl (C=S) groups is 1. The van der Waals surface area contributed by atoms with Gasteiger partial charge in [0.2, 0.25) is 0 Å². The highest BCUT2D eigenvalue weighted by Crippen LogP contribution is 2.38. The van der Waals surface area contributed by atoms with Crippen LogP contribution in [0.2, 0.25) is 5.02 Å². The van der Waals surface area contributed by atoms with Gasteiger partial charge in [-0.2, -0.15) is 0 Å². The third-order valence-corrected chi connectivity index (χ3v) is 6.32. The van der Waals surface area contributed by atoms with Crippen molar-refractivity contribution in [1.29, 1.82) is 0 Å². The van der Waals surface area contributed by atoms with Crippen LogP contribution < -0.4 is 14.2 Å². The summed E-state index contributed by atoms with van der Waals surface area (Å²) < 4.78 is 16.9. The summed E-state index contributed by atoms with van der Waals surface area (Å²) in [6, 6.07) is 18.9. The van der Waals surface area contributed by atoms with Crippen molar-refractivity contribution in [3.63, 3.8) is 0 Å². The Morgan fingerprint density at radius 2 is 1.56 bits per heavy atom. The average Bonchev–Trinajstić information content (AvgIpc) is 2.86.